The van der Waals surface area contributed by atoms with Crippen LogP contribution in [0.25, 0.3) is 0 Å². The maximum Gasteiger partial charge on any atom is 0.234 e. The highest BCUT2D eigenvalue weighted by Gasteiger charge is 2.28. The predicted octanol–water partition coefficient (Wildman–Crippen LogP) is 2.36. The Morgan fingerprint density at radius 2 is 2.05 bits per heavy atom. The summed E-state index contributed by atoms with van der Waals surface area (Å²) in [5, 5.41) is 15.2. The highest BCUT2D eigenvalue weighted by molar-refractivity contribution is 7.99. The minimum Gasteiger partial charge on any atom is -0.325 e. The van der Waals surface area contributed by atoms with Gasteiger partial charge in [0.2, 0.25) is 11.1 Å². The van der Waals surface area contributed by atoms with Gasteiger partial charge in [0.05, 0.1) is 11.8 Å². The van der Waals surface area contributed by atoms with E-state index in [1.165, 1.54) is 11.8 Å². The van der Waals surface area contributed by atoms with Crippen molar-refractivity contribution in [3.63, 3.8) is 0 Å². The van der Waals surface area contributed by atoms with Crippen molar-refractivity contribution in [3.8, 4) is 0 Å². The number of carbonyl (C=O) groups excluding carboxylic acids is 1. The fourth-order valence-corrected chi connectivity index (χ4v) is 2.95. The van der Waals surface area contributed by atoms with Crippen molar-refractivity contribution in [2.75, 3.05) is 11.1 Å². The van der Waals surface area contributed by atoms with Crippen LogP contribution in [0.2, 0.25) is 0 Å². The van der Waals surface area contributed by atoms with E-state index >= 15 is 0 Å². The summed E-state index contributed by atoms with van der Waals surface area (Å²) in [7, 11) is 0. The van der Waals surface area contributed by atoms with Gasteiger partial charge in [-0.05, 0) is 60.4 Å². The monoisotopic (exact) mass is 303 g/mol. The molecule has 21 heavy (non-hydrogen) atoms. The second-order valence-electron chi connectivity index (χ2n) is 5.35. The van der Waals surface area contributed by atoms with E-state index in [1.54, 1.807) is 0 Å². The molecule has 6 nitrogen and oxygen atoms in total. The number of carbonyl (C=O) groups is 1. The molecule has 0 bridgehead atoms. The Morgan fingerprint density at radius 3 is 2.71 bits per heavy atom. The summed E-state index contributed by atoms with van der Waals surface area (Å²) in [6.45, 7) is 4.03. The van der Waals surface area contributed by atoms with Crippen molar-refractivity contribution in [1.29, 1.82) is 0 Å². The number of amides is 1. The maximum absolute atomic E-state index is 12.0. The van der Waals surface area contributed by atoms with E-state index in [9.17, 15) is 4.79 Å². The van der Waals surface area contributed by atoms with Crippen LogP contribution in [0.5, 0.6) is 0 Å². The molecule has 0 saturated heterocycles. The van der Waals surface area contributed by atoms with Crippen LogP contribution < -0.4 is 5.32 Å². The fourth-order valence-electron chi connectivity index (χ4n) is 2.20. The number of benzene rings is 1. The number of tetrazole rings is 1. The predicted molar refractivity (Wildman–Crippen MR) is 81.4 cm³/mol. The molecule has 1 heterocycles. The van der Waals surface area contributed by atoms with Crippen LogP contribution in [-0.2, 0) is 4.79 Å². The summed E-state index contributed by atoms with van der Waals surface area (Å²) in [5.74, 6) is 0.260. The summed E-state index contributed by atoms with van der Waals surface area (Å²) in [4.78, 5) is 12.0. The third kappa shape index (κ3) is 3.60. The largest absolute Gasteiger partial charge is 0.325 e. The zero-order chi connectivity index (χ0) is 14.8. The molecule has 7 heteroatoms. The van der Waals surface area contributed by atoms with Crippen LogP contribution in [-0.4, -0.2) is 31.9 Å². The molecule has 1 saturated carbocycles. The minimum atomic E-state index is -0.0460. The molecule has 2 aromatic rings. The van der Waals surface area contributed by atoms with Crippen LogP contribution in [0.1, 0.15) is 30.0 Å². The zero-order valence-corrected chi connectivity index (χ0v) is 12.9. The van der Waals surface area contributed by atoms with Gasteiger partial charge in [-0.25, -0.2) is 4.68 Å². The van der Waals surface area contributed by atoms with Crippen molar-refractivity contribution >= 4 is 23.4 Å². The van der Waals surface area contributed by atoms with Crippen LogP contribution in [0.4, 0.5) is 5.69 Å². The molecule has 0 spiro atoms. The van der Waals surface area contributed by atoms with Crippen molar-refractivity contribution in [1.82, 2.24) is 20.2 Å². The lowest BCUT2D eigenvalue weighted by Crippen LogP contribution is -2.15. The van der Waals surface area contributed by atoms with Crippen molar-refractivity contribution in [2.45, 2.75) is 37.9 Å². The van der Waals surface area contributed by atoms with Crippen LogP contribution in [0.3, 0.4) is 0 Å². The zero-order valence-electron chi connectivity index (χ0n) is 12.0. The number of anilines is 1. The van der Waals surface area contributed by atoms with Gasteiger partial charge in [0.25, 0.3) is 0 Å². The molecule has 0 aliphatic heterocycles. The van der Waals surface area contributed by atoms with Gasteiger partial charge in [-0.2, -0.15) is 0 Å². The summed E-state index contributed by atoms with van der Waals surface area (Å²) in [5.41, 5.74) is 3.10. The highest BCUT2D eigenvalue weighted by Crippen LogP contribution is 2.36. The molecular formula is C14H17N5OS. The first kappa shape index (κ1) is 14.1. The van der Waals surface area contributed by atoms with Gasteiger partial charge >= 0.3 is 0 Å². The maximum atomic E-state index is 12.0. The first-order valence-corrected chi connectivity index (χ1v) is 7.89. The highest BCUT2D eigenvalue weighted by atomic mass is 32.2. The number of aromatic nitrogens is 4. The lowest BCUT2D eigenvalue weighted by atomic mass is 10.1. The molecule has 1 N–H and O–H groups in total. The molecule has 1 amide bonds. The van der Waals surface area contributed by atoms with Gasteiger partial charge in [-0.15, -0.1) is 5.10 Å². The molecule has 1 aromatic heterocycles. The average molecular weight is 303 g/mol. The number of nitrogens with one attached hydrogen (secondary N) is 1. The van der Waals surface area contributed by atoms with Crippen LogP contribution in [0.15, 0.2) is 23.4 Å². The molecule has 0 radical (unpaired) electrons. The van der Waals surface area contributed by atoms with Gasteiger partial charge in [0.15, 0.2) is 0 Å². The number of hydrogen-bond donors (Lipinski definition) is 1. The molecule has 1 aliphatic rings. The van der Waals surface area contributed by atoms with E-state index in [0.29, 0.717) is 17.0 Å². The number of nitrogens with zero attached hydrogens (tertiary/aromatic N) is 4. The summed E-state index contributed by atoms with van der Waals surface area (Å²) in [6.07, 6.45) is 2.24. The molecule has 0 atom stereocenters. The number of thioether (sulfide) groups is 1. The normalized spacial score (nSPS) is 14.2. The van der Waals surface area contributed by atoms with E-state index in [-0.39, 0.29) is 5.91 Å². The van der Waals surface area contributed by atoms with Crippen LogP contribution in [0, 0.1) is 13.8 Å². The Labute approximate surface area is 127 Å². The number of rotatable bonds is 5. The summed E-state index contributed by atoms with van der Waals surface area (Å²) >= 11 is 1.37. The standard InChI is InChI=1S/C14H17N5OS/c1-9-5-10(2)7-11(6-9)15-13(20)8-21-14-16-17-18-19(14)12-3-4-12/h5-7,12H,3-4,8H2,1-2H3,(H,15,20). The SMILES string of the molecule is Cc1cc(C)cc(NC(=O)CSc2nnnn2C2CC2)c1. The second-order valence-corrected chi connectivity index (χ2v) is 6.29. The fraction of sp³-hybridized carbons (Fsp3) is 0.429. The average Bonchev–Trinajstić information content (AvgIpc) is 3.14. The molecule has 3 rings (SSSR count). The number of aryl methyl sites for hydroxylation is 2. The topological polar surface area (TPSA) is 72.7 Å². The lowest BCUT2D eigenvalue weighted by Gasteiger charge is -2.07. The van der Waals surface area contributed by atoms with Crippen LogP contribution >= 0.6 is 11.8 Å². The van der Waals surface area contributed by atoms with Crippen molar-refractivity contribution < 1.29 is 4.79 Å². The first-order valence-electron chi connectivity index (χ1n) is 6.90. The Balaban J connectivity index is 1.57. The molecule has 1 fully saturated rings. The van der Waals surface area contributed by atoms with E-state index in [1.807, 2.05) is 30.7 Å². The van der Waals surface area contributed by atoms with E-state index in [0.717, 1.165) is 29.7 Å². The van der Waals surface area contributed by atoms with E-state index < -0.39 is 0 Å². The first-order chi connectivity index (χ1) is 10.1. The van der Waals surface area contributed by atoms with Gasteiger partial charge in [-0.3, -0.25) is 4.79 Å². The smallest absolute Gasteiger partial charge is 0.234 e. The van der Waals surface area contributed by atoms with Crippen molar-refractivity contribution in [2.24, 2.45) is 0 Å². The molecule has 110 valence electrons. The Bertz CT molecular complexity index is 645. The third-order valence-corrected chi connectivity index (χ3v) is 4.13. The minimum absolute atomic E-state index is 0.0460. The van der Waals surface area contributed by atoms with Gasteiger partial charge in [-0.1, -0.05) is 17.8 Å². The summed E-state index contributed by atoms with van der Waals surface area (Å²) < 4.78 is 1.81. The van der Waals surface area contributed by atoms with Gasteiger partial charge in [0, 0.05) is 5.69 Å². The molecule has 1 aliphatic carbocycles. The Kier molecular flexibility index (Phi) is 3.92. The molecule has 1 aromatic carbocycles. The Morgan fingerprint density at radius 1 is 1.33 bits per heavy atom. The quantitative estimate of drug-likeness (QED) is 0.858. The van der Waals surface area contributed by atoms with Crippen molar-refractivity contribution in [3.05, 3.63) is 29.3 Å². The third-order valence-electron chi connectivity index (χ3n) is 3.19. The second kappa shape index (κ2) is 5.85. The Hall–Kier alpha value is -1.89. The van der Waals surface area contributed by atoms with Gasteiger partial charge < -0.3 is 5.32 Å². The number of hydrogen-bond acceptors (Lipinski definition) is 5. The molecular weight excluding hydrogens is 286 g/mol. The summed E-state index contributed by atoms with van der Waals surface area (Å²) in [6, 6.07) is 6.42. The van der Waals surface area contributed by atoms with E-state index in [4.69, 9.17) is 0 Å². The van der Waals surface area contributed by atoms with E-state index in [2.05, 4.69) is 26.9 Å². The lowest BCUT2D eigenvalue weighted by molar-refractivity contribution is -0.113. The van der Waals surface area contributed by atoms with Gasteiger partial charge in [0.1, 0.15) is 0 Å². The molecule has 0 unspecified atom stereocenters.